The Morgan fingerprint density at radius 1 is 1.21 bits per heavy atom. The van der Waals surface area contributed by atoms with E-state index >= 15 is 0 Å². The number of sulfonamides is 1. The molecule has 0 radical (unpaired) electrons. The van der Waals surface area contributed by atoms with Gasteiger partial charge in [0.25, 0.3) is 5.91 Å². The highest BCUT2D eigenvalue weighted by Gasteiger charge is 2.27. The van der Waals surface area contributed by atoms with E-state index in [1.165, 1.54) is 16.6 Å². The number of halogens is 2. The average molecular weight is 393 g/mol. The van der Waals surface area contributed by atoms with Gasteiger partial charge in [-0.15, -0.1) is 0 Å². The summed E-state index contributed by atoms with van der Waals surface area (Å²) in [6.45, 7) is 0.527. The van der Waals surface area contributed by atoms with Gasteiger partial charge in [-0.2, -0.15) is 4.31 Å². The summed E-state index contributed by atoms with van der Waals surface area (Å²) in [6.07, 6.45) is 6.24. The van der Waals surface area contributed by atoms with Crippen LogP contribution in [0.3, 0.4) is 0 Å². The number of carbonyl (C=O) groups is 1. The molecule has 1 aliphatic carbocycles. The second-order valence-electron chi connectivity index (χ2n) is 6.05. The number of hydrogen-bond donors (Lipinski definition) is 1. The molecule has 1 aromatic carbocycles. The Bertz CT molecular complexity index is 689. The fourth-order valence-corrected chi connectivity index (χ4v) is 4.48. The molecule has 5 nitrogen and oxygen atoms in total. The lowest BCUT2D eigenvalue weighted by molar-refractivity contribution is 0.0949. The molecule has 1 fully saturated rings. The summed E-state index contributed by atoms with van der Waals surface area (Å²) >= 11 is 11.7. The molecule has 8 heteroatoms. The van der Waals surface area contributed by atoms with E-state index < -0.39 is 10.0 Å². The first-order valence-corrected chi connectivity index (χ1v) is 10.6. The van der Waals surface area contributed by atoms with Gasteiger partial charge in [-0.1, -0.05) is 42.5 Å². The minimum Gasteiger partial charge on any atom is -0.351 e. The number of rotatable bonds is 6. The largest absolute Gasteiger partial charge is 0.351 e. The minimum absolute atomic E-state index is 0.0376. The third-order valence-electron chi connectivity index (χ3n) is 4.21. The summed E-state index contributed by atoms with van der Waals surface area (Å²) in [7, 11) is -3.30. The first kappa shape index (κ1) is 19.5. The summed E-state index contributed by atoms with van der Waals surface area (Å²) in [5, 5.41) is 3.43. The SMILES string of the molecule is CS(=O)(=O)N(CCNC(=O)c1ccc(Cl)c(Cl)c1)C1CCCCC1. The van der Waals surface area contributed by atoms with Crippen molar-refractivity contribution < 1.29 is 13.2 Å². The van der Waals surface area contributed by atoms with Gasteiger partial charge < -0.3 is 5.32 Å². The second kappa shape index (κ2) is 8.52. The molecule has 1 aliphatic rings. The molecule has 0 aromatic heterocycles. The molecular weight excluding hydrogens is 371 g/mol. The van der Waals surface area contributed by atoms with Crippen LogP contribution >= 0.6 is 23.2 Å². The van der Waals surface area contributed by atoms with Crippen LogP contribution in [0, 0.1) is 0 Å². The maximum Gasteiger partial charge on any atom is 0.251 e. The van der Waals surface area contributed by atoms with Crippen LogP contribution in [-0.2, 0) is 10.0 Å². The molecule has 1 N–H and O–H groups in total. The van der Waals surface area contributed by atoms with Crippen molar-refractivity contribution in [3.63, 3.8) is 0 Å². The number of carbonyl (C=O) groups excluding carboxylic acids is 1. The lowest BCUT2D eigenvalue weighted by atomic mass is 9.95. The second-order valence-corrected chi connectivity index (χ2v) is 8.80. The van der Waals surface area contributed by atoms with Gasteiger partial charge in [0, 0.05) is 24.7 Å². The molecule has 24 heavy (non-hydrogen) atoms. The first-order chi connectivity index (χ1) is 11.3. The van der Waals surface area contributed by atoms with Gasteiger partial charge in [0.2, 0.25) is 10.0 Å². The highest BCUT2D eigenvalue weighted by atomic mass is 35.5. The van der Waals surface area contributed by atoms with Gasteiger partial charge >= 0.3 is 0 Å². The molecular formula is C16H22Cl2N2O3S. The van der Waals surface area contributed by atoms with E-state index in [1.807, 2.05) is 0 Å². The van der Waals surface area contributed by atoms with E-state index in [9.17, 15) is 13.2 Å². The monoisotopic (exact) mass is 392 g/mol. The van der Waals surface area contributed by atoms with Gasteiger partial charge in [-0.25, -0.2) is 8.42 Å². The molecule has 0 saturated heterocycles. The van der Waals surface area contributed by atoms with E-state index in [0.717, 1.165) is 32.1 Å². The van der Waals surface area contributed by atoms with Crippen molar-refractivity contribution in [1.29, 1.82) is 0 Å². The highest BCUT2D eigenvalue weighted by Crippen LogP contribution is 2.24. The standard InChI is InChI=1S/C16H22Cl2N2O3S/c1-24(22,23)20(13-5-3-2-4-6-13)10-9-19-16(21)12-7-8-14(17)15(18)11-12/h7-8,11,13H,2-6,9-10H2,1H3,(H,19,21). The van der Waals surface area contributed by atoms with E-state index in [4.69, 9.17) is 23.2 Å². The third kappa shape index (κ3) is 5.34. The molecule has 0 unspecified atom stereocenters. The fourth-order valence-electron chi connectivity index (χ4n) is 3.01. The molecule has 134 valence electrons. The van der Waals surface area contributed by atoms with Crippen molar-refractivity contribution >= 4 is 39.1 Å². The van der Waals surface area contributed by atoms with Crippen molar-refractivity contribution in [2.45, 2.75) is 38.1 Å². The van der Waals surface area contributed by atoms with Gasteiger partial charge in [-0.3, -0.25) is 4.79 Å². The predicted molar refractivity (Wildman–Crippen MR) is 97.2 cm³/mol. The summed E-state index contributed by atoms with van der Waals surface area (Å²) in [5.41, 5.74) is 0.396. The van der Waals surface area contributed by atoms with E-state index in [2.05, 4.69) is 5.32 Å². The summed E-state index contributed by atoms with van der Waals surface area (Å²) in [5.74, 6) is -0.300. The Morgan fingerprint density at radius 2 is 1.88 bits per heavy atom. The molecule has 0 aliphatic heterocycles. The molecule has 0 bridgehead atoms. The molecule has 0 heterocycles. The van der Waals surface area contributed by atoms with Crippen LogP contribution in [0.2, 0.25) is 10.0 Å². The van der Waals surface area contributed by atoms with Gasteiger partial charge in [0.15, 0.2) is 0 Å². The van der Waals surface area contributed by atoms with Crippen molar-refractivity contribution in [3.05, 3.63) is 33.8 Å². The Morgan fingerprint density at radius 3 is 2.46 bits per heavy atom. The van der Waals surface area contributed by atoms with Crippen molar-refractivity contribution in [3.8, 4) is 0 Å². The number of benzene rings is 1. The Balaban J connectivity index is 1.94. The highest BCUT2D eigenvalue weighted by molar-refractivity contribution is 7.88. The summed E-state index contributed by atoms with van der Waals surface area (Å²) < 4.78 is 25.6. The Kier molecular flexibility index (Phi) is 6.92. The summed E-state index contributed by atoms with van der Waals surface area (Å²) in [6, 6.07) is 4.67. The molecule has 2 rings (SSSR count). The number of nitrogens with zero attached hydrogens (tertiary/aromatic N) is 1. The van der Waals surface area contributed by atoms with Crippen LogP contribution in [0.1, 0.15) is 42.5 Å². The molecule has 0 atom stereocenters. The van der Waals surface area contributed by atoms with Crippen LogP contribution in [0.5, 0.6) is 0 Å². The zero-order chi connectivity index (χ0) is 17.7. The van der Waals surface area contributed by atoms with Crippen LogP contribution in [0.15, 0.2) is 18.2 Å². The van der Waals surface area contributed by atoms with E-state index in [1.54, 1.807) is 12.1 Å². The third-order valence-corrected chi connectivity index (χ3v) is 6.28. The molecule has 0 spiro atoms. The Labute approximate surface area is 153 Å². The average Bonchev–Trinajstić information content (AvgIpc) is 2.53. The zero-order valence-corrected chi connectivity index (χ0v) is 15.9. The molecule has 1 aromatic rings. The van der Waals surface area contributed by atoms with Crippen molar-refractivity contribution in [1.82, 2.24) is 9.62 Å². The summed E-state index contributed by atoms with van der Waals surface area (Å²) in [4.78, 5) is 12.1. The zero-order valence-electron chi connectivity index (χ0n) is 13.6. The minimum atomic E-state index is -3.30. The molecule has 1 amide bonds. The van der Waals surface area contributed by atoms with E-state index in [0.29, 0.717) is 15.6 Å². The van der Waals surface area contributed by atoms with Crippen LogP contribution < -0.4 is 5.32 Å². The maximum atomic E-state index is 12.1. The normalized spacial score (nSPS) is 16.3. The molecule has 1 saturated carbocycles. The number of amides is 1. The van der Waals surface area contributed by atoms with Crippen LogP contribution in [0.25, 0.3) is 0 Å². The smallest absolute Gasteiger partial charge is 0.251 e. The van der Waals surface area contributed by atoms with E-state index in [-0.39, 0.29) is 25.0 Å². The maximum absolute atomic E-state index is 12.1. The van der Waals surface area contributed by atoms with Crippen LogP contribution in [0.4, 0.5) is 0 Å². The predicted octanol–water partition coefficient (Wildman–Crippen LogP) is 3.32. The van der Waals surface area contributed by atoms with Gasteiger partial charge in [0.05, 0.1) is 16.3 Å². The lowest BCUT2D eigenvalue weighted by Gasteiger charge is -2.32. The number of nitrogens with one attached hydrogen (secondary N) is 1. The fraction of sp³-hybridized carbons (Fsp3) is 0.562. The van der Waals surface area contributed by atoms with Crippen molar-refractivity contribution in [2.24, 2.45) is 0 Å². The first-order valence-electron chi connectivity index (χ1n) is 7.99. The van der Waals surface area contributed by atoms with Crippen molar-refractivity contribution in [2.75, 3.05) is 19.3 Å². The van der Waals surface area contributed by atoms with Gasteiger partial charge in [0.1, 0.15) is 0 Å². The van der Waals surface area contributed by atoms with Gasteiger partial charge in [-0.05, 0) is 31.0 Å². The Hall–Kier alpha value is -0.820. The van der Waals surface area contributed by atoms with Crippen LogP contribution in [-0.4, -0.2) is 44.0 Å². The topological polar surface area (TPSA) is 66.5 Å². The quantitative estimate of drug-likeness (QED) is 0.807. The number of hydrogen-bond acceptors (Lipinski definition) is 3. The lowest BCUT2D eigenvalue weighted by Crippen LogP contribution is -2.45.